The molecule has 0 saturated heterocycles. The van der Waals surface area contributed by atoms with E-state index in [2.05, 4.69) is 40.7 Å². The Morgan fingerprint density at radius 2 is 1.38 bits per heavy atom. The van der Waals surface area contributed by atoms with Crippen molar-refractivity contribution in [1.82, 2.24) is 14.4 Å². The second-order valence-electron chi connectivity index (χ2n) is 17.2. The summed E-state index contributed by atoms with van der Waals surface area (Å²) in [6.07, 6.45) is -0.278. The Morgan fingerprint density at radius 1 is 0.716 bits per heavy atom. The van der Waals surface area contributed by atoms with Gasteiger partial charge in [0.1, 0.15) is 43.9 Å². The number of aromatic nitrogens is 3. The first-order chi connectivity index (χ1) is 37.9. The number of aliphatic hydroxyl groups excluding tert-OH is 1. The average Bonchev–Trinajstić information content (AvgIpc) is 2.53. The van der Waals surface area contributed by atoms with Crippen LogP contribution < -0.4 is 9.47 Å². The number of pyridine rings is 1. The number of imidazole rings is 1. The summed E-state index contributed by atoms with van der Waals surface area (Å²) in [4.78, 5) is 7.04. The Morgan fingerprint density at radius 3 is 2.02 bits per heavy atom. The van der Waals surface area contributed by atoms with E-state index in [0.717, 1.165) is 58.9 Å². The second kappa shape index (κ2) is 22.9. The van der Waals surface area contributed by atoms with Crippen LogP contribution in [0.1, 0.15) is 35.1 Å². The maximum Gasteiger partial charge on any atom is 0.298 e. The number of hydrogen-bond acceptors (Lipinski definition) is 25. The molecule has 0 unspecified atom stereocenters. The van der Waals surface area contributed by atoms with Crippen LogP contribution in [0.2, 0.25) is 0 Å². The number of thioether (sulfide) groups is 1. The van der Waals surface area contributed by atoms with Crippen molar-refractivity contribution in [3.8, 4) is 23.4 Å². The minimum atomic E-state index is -4.92. The average molecular weight is 1250 g/mol. The molecule has 29 nitrogen and oxygen atoms in total. The number of methoxy groups -OCH3 is 1. The third-order valence-electron chi connectivity index (χ3n) is 11.7. The van der Waals surface area contributed by atoms with Crippen LogP contribution in [0.15, 0.2) is 111 Å². The molecule has 0 aliphatic rings. The zero-order valence-corrected chi connectivity index (χ0v) is 47.3. The first kappa shape index (κ1) is 59.9. The van der Waals surface area contributed by atoms with E-state index in [1.807, 2.05) is 6.07 Å². The third kappa shape index (κ3) is 13.3. The first-order valence-electron chi connectivity index (χ1n) is 22.7. The van der Waals surface area contributed by atoms with E-state index in [1.54, 1.807) is 6.92 Å². The summed E-state index contributed by atoms with van der Waals surface area (Å²) in [6, 6.07) is 14.1. The van der Waals surface area contributed by atoms with Gasteiger partial charge in [0.25, 0.3) is 50.6 Å². The van der Waals surface area contributed by atoms with Crippen molar-refractivity contribution in [3.05, 3.63) is 82.9 Å². The molecule has 3 heterocycles. The Hall–Kier alpha value is -7.25. The SMILES string of the molecule is COc1c(S(=O)(=O)O)ccc2c1nc1c(C#N)c(C)c(N=Nc3cc(C)c(N=Nc4cc(CO)c(N=Nc5nc6c(S(=O)(=O)O)cc7ccc(S(=O)(=O)O)cc7c6s5)cc4SCCCS(=O)(=O)O)cc3OCCCS(=O)(=O)O)c(O)n12. The summed E-state index contributed by atoms with van der Waals surface area (Å²) in [6.45, 7) is 1.98. The lowest BCUT2D eigenvalue weighted by Crippen LogP contribution is -2.08. The Balaban J connectivity index is 1.20. The number of nitriles is 1. The monoisotopic (exact) mass is 1250 g/mol. The molecule has 0 spiro atoms. The van der Waals surface area contributed by atoms with E-state index in [4.69, 9.17) is 9.47 Å². The van der Waals surface area contributed by atoms with Gasteiger partial charge in [-0.2, -0.15) is 52.5 Å². The number of hydrogen-bond donors (Lipinski definition) is 7. The summed E-state index contributed by atoms with van der Waals surface area (Å²) in [5, 5.41) is 58.3. The number of aryl methyl sites for hydroxylation is 1. The number of thiazole rings is 1. The van der Waals surface area contributed by atoms with Crippen molar-refractivity contribution in [1.29, 1.82) is 5.26 Å². The van der Waals surface area contributed by atoms with Gasteiger partial charge >= 0.3 is 0 Å². The van der Waals surface area contributed by atoms with Crippen LogP contribution in [-0.2, 0) is 57.2 Å². The lowest BCUT2D eigenvalue weighted by atomic mass is 10.1. The summed E-state index contributed by atoms with van der Waals surface area (Å²) in [5.74, 6) is -2.34. The number of ether oxygens (including phenoxy) is 2. The lowest BCUT2D eigenvalue weighted by molar-refractivity contribution is 0.282. The molecule has 36 heteroatoms. The first-order valence-corrected chi connectivity index (χ1v) is 32.0. The number of aliphatic hydroxyl groups is 1. The molecule has 5 aromatic carbocycles. The molecule has 3 aromatic heterocycles. The van der Waals surface area contributed by atoms with Gasteiger partial charge < -0.3 is 19.7 Å². The highest BCUT2D eigenvalue weighted by Gasteiger charge is 2.27. The number of fused-ring (bicyclic) bond motifs is 6. The molecule has 0 bridgehead atoms. The van der Waals surface area contributed by atoms with Gasteiger partial charge in [0.15, 0.2) is 17.1 Å². The number of nitrogens with zero attached hydrogens (tertiary/aromatic N) is 10. The van der Waals surface area contributed by atoms with E-state index in [9.17, 15) is 80.3 Å². The van der Waals surface area contributed by atoms with E-state index in [-0.39, 0.29) is 130 Å². The van der Waals surface area contributed by atoms with Crippen LogP contribution in [0, 0.1) is 25.2 Å². The number of rotatable bonds is 21. The fourth-order valence-electron chi connectivity index (χ4n) is 7.96. The van der Waals surface area contributed by atoms with E-state index in [0.29, 0.717) is 5.56 Å². The number of azo groups is 3. The molecule has 0 atom stereocenters. The van der Waals surface area contributed by atoms with Gasteiger partial charge in [-0.05, 0) is 91.9 Å². The predicted octanol–water partition coefficient (Wildman–Crippen LogP) is 8.96. The molecular formula is C45H40N10O19S7. The summed E-state index contributed by atoms with van der Waals surface area (Å²) < 4.78 is 180. The van der Waals surface area contributed by atoms with Crippen molar-refractivity contribution in [2.75, 3.05) is 31.0 Å². The molecule has 8 aromatic rings. The van der Waals surface area contributed by atoms with Crippen molar-refractivity contribution < 1.29 is 84.5 Å². The largest absolute Gasteiger partial charge is 0.493 e. The Kier molecular flexibility index (Phi) is 17.0. The number of aromatic hydroxyl groups is 1. The van der Waals surface area contributed by atoms with Crippen LogP contribution in [0.5, 0.6) is 17.4 Å². The van der Waals surface area contributed by atoms with Gasteiger partial charge in [-0.15, -0.1) is 37.3 Å². The molecule has 8 rings (SSSR count). The highest BCUT2D eigenvalue weighted by molar-refractivity contribution is 7.99. The third-order valence-corrected chi connectivity index (χ3v) is 18.0. The van der Waals surface area contributed by atoms with Gasteiger partial charge in [0.05, 0.1) is 64.0 Å². The van der Waals surface area contributed by atoms with Crippen molar-refractivity contribution in [2.24, 2.45) is 30.7 Å². The summed E-state index contributed by atoms with van der Waals surface area (Å²) in [5.41, 5.74) is -0.340. The van der Waals surface area contributed by atoms with Crippen LogP contribution >= 0.6 is 23.1 Å². The predicted molar refractivity (Wildman–Crippen MR) is 291 cm³/mol. The minimum absolute atomic E-state index is 0.0115. The summed E-state index contributed by atoms with van der Waals surface area (Å²) >= 11 is 1.77. The highest BCUT2D eigenvalue weighted by atomic mass is 32.2. The molecule has 81 heavy (non-hydrogen) atoms. The molecule has 0 radical (unpaired) electrons. The minimum Gasteiger partial charge on any atom is -0.493 e. The molecular weight excluding hydrogens is 1210 g/mol. The number of benzene rings is 5. The van der Waals surface area contributed by atoms with Gasteiger partial charge in [0, 0.05) is 27.5 Å². The van der Waals surface area contributed by atoms with E-state index in [1.165, 1.54) is 43.3 Å². The van der Waals surface area contributed by atoms with Gasteiger partial charge in [0.2, 0.25) is 11.0 Å². The van der Waals surface area contributed by atoms with Gasteiger partial charge in [-0.25, -0.2) is 9.97 Å². The molecule has 0 aliphatic heterocycles. The van der Waals surface area contributed by atoms with Crippen molar-refractivity contribution in [3.63, 3.8) is 0 Å². The van der Waals surface area contributed by atoms with Gasteiger partial charge in [-0.1, -0.05) is 17.4 Å². The second-order valence-corrected chi connectivity index (χ2v) is 26.6. The van der Waals surface area contributed by atoms with Crippen LogP contribution in [0.3, 0.4) is 0 Å². The highest BCUT2D eigenvalue weighted by Crippen LogP contribution is 2.45. The molecule has 0 saturated carbocycles. The molecule has 0 amide bonds. The van der Waals surface area contributed by atoms with Crippen molar-refractivity contribution >= 4 is 145 Å². The standard InChI is InChI=1S/C45H40N10O19S7/c1-22-14-31(51-53-38-23(2)28(20-46)43-47-39-33(55(43)44(38)57)8-9-36(41(39)73-3)80(67,68)69)34(74-10-4-12-77(58,59)60)18-29(22)49-52-32-15-25(21-56)30(19-35(32)75-11-5-13-78(61,62)63)50-54-45-48-40-37(81(70,71)72)16-24-6-7-26(79(64,65)66)17-27(24)42(40)76-45/h6-9,14-19,56-57H,4-5,10-13,21H2,1-3H3,(H,58,59,60)(H,61,62,63)(H,64,65,66)(H,67,68,69)(H,70,71,72). The van der Waals surface area contributed by atoms with Crippen LogP contribution in [0.25, 0.3) is 37.7 Å². The molecule has 426 valence electrons. The fourth-order valence-corrected chi connectivity index (χ4v) is 12.9. The Labute approximate surface area is 467 Å². The lowest BCUT2D eigenvalue weighted by Gasteiger charge is -2.12. The topological polar surface area (TPSA) is 459 Å². The maximum absolute atomic E-state index is 12.5. The van der Waals surface area contributed by atoms with Crippen LogP contribution in [0.4, 0.5) is 33.6 Å². The molecule has 0 aliphatic carbocycles. The fraction of sp³-hybridized carbons (Fsp3) is 0.222. The molecule has 7 N–H and O–H groups in total. The normalized spacial score (nSPS) is 13.0. The van der Waals surface area contributed by atoms with Crippen LogP contribution in [-0.4, -0.2) is 120 Å². The van der Waals surface area contributed by atoms with E-state index < -0.39 is 89.3 Å². The Bertz CT molecular complexity index is 4660. The zero-order valence-electron chi connectivity index (χ0n) is 41.6. The van der Waals surface area contributed by atoms with Crippen molar-refractivity contribution in [2.45, 2.75) is 52.9 Å². The van der Waals surface area contributed by atoms with Gasteiger partial charge in [-0.3, -0.25) is 27.2 Å². The van der Waals surface area contributed by atoms with E-state index >= 15 is 0 Å². The zero-order chi connectivity index (χ0) is 59.1. The smallest absolute Gasteiger partial charge is 0.298 e. The summed E-state index contributed by atoms with van der Waals surface area (Å²) in [7, 11) is -22.1. The molecule has 0 fully saturated rings. The quantitative estimate of drug-likeness (QED) is 0.0153. The maximum atomic E-state index is 12.5.